The van der Waals surface area contributed by atoms with Crippen LogP contribution in [0.25, 0.3) is 0 Å². The van der Waals surface area contributed by atoms with E-state index in [4.69, 9.17) is 11.6 Å². The number of rotatable bonds is 3. The topological polar surface area (TPSA) is 0 Å². The number of alkyl halides is 1. The summed E-state index contributed by atoms with van der Waals surface area (Å²) in [5, 5.41) is 0. The minimum atomic E-state index is 0.628. The zero-order chi connectivity index (χ0) is 11.4. The third-order valence-electron chi connectivity index (χ3n) is 4.03. The van der Waals surface area contributed by atoms with E-state index in [0.717, 1.165) is 11.8 Å². The molecule has 0 radical (unpaired) electrons. The lowest BCUT2D eigenvalue weighted by Crippen LogP contribution is -2.12. The molecule has 0 bridgehead atoms. The number of benzene rings is 1. The van der Waals surface area contributed by atoms with Crippen molar-refractivity contribution >= 4 is 11.6 Å². The van der Waals surface area contributed by atoms with E-state index in [1.54, 1.807) is 0 Å². The predicted octanol–water partition coefficient (Wildman–Crippen LogP) is 5.11. The van der Waals surface area contributed by atoms with Gasteiger partial charge in [0.1, 0.15) is 0 Å². The molecular weight excluding hydrogens is 216 g/mol. The second-order valence-electron chi connectivity index (χ2n) is 5.00. The van der Waals surface area contributed by atoms with Crippen LogP contribution in [0.2, 0.25) is 0 Å². The fraction of sp³-hybridized carbons (Fsp3) is 0.600. The Hall–Kier alpha value is -0.490. The lowest BCUT2D eigenvalue weighted by atomic mass is 9.78. The number of hydrogen-bond donors (Lipinski definition) is 0. The van der Waals surface area contributed by atoms with Gasteiger partial charge in [-0.3, -0.25) is 0 Å². The van der Waals surface area contributed by atoms with Crippen LogP contribution in [0, 0.1) is 5.92 Å². The van der Waals surface area contributed by atoms with Gasteiger partial charge in [0.15, 0.2) is 0 Å². The molecule has 0 aliphatic heterocycles. The summed E-state index contributed by atoms with van der Waals surface area (Å²) in [5.74, 6) is 2.41. The fourth-order valence-corrected chi connectivity index (χ4v) is 2.96. The standard InChI is InChI=1S/C15H21Cl/c1-2-12-3-7-14(8-4-12)15-9-5-13(11-16)6-10-15/h5-6,9-10,12,14H,2-4,7-8,11H2,1H3. The number of halogens is 1. The van der Waals surface area contributed by atoms with Crippen molar-refractivity contribution in [1.82, 2.24) is 0 Å². The SMILES string of the molecule is CCC1CCC(c2ccc(CCl)cc2)CC1. The second-order valence-corrected chi connectivity index (χ2v) is 5.27. The van der Waals surface area contributed by atoms with E-state index < -0.39 is 0 Å². The summed E-state index contributed by atoms with van der Waals surface area (Å²) in [6.45, 7) is 2.32. The van der Waals surface area contributed by atoms with E-state index in [1.807, 2.05) is 0 Å². The van der Waals surface area contributed by atoms with E-state index in [0.29, 0.717) is 5.88 Å². The smallest absolute Gasteiger partial charge is 0.0474 e. The largest absolute Gasteiger partial charge is 0.122 e. The van der Waals surface area contributed by atoms with Gasteiger partial charge < -0.3 is 0 Å². The van der Waals surface area contributed by atoms with Gasteiger partial charge in [0.05, 0.1) is 0 Å². The molecule has 1 fully saturated rings. The van der Waals surface area contributed by atoms with Gasteiger partial charge in [-0.1, -0.05) is 37.6 Å². The number of hydrogen-bond acceptors (Lipinski definition) is 0. The molecule has 1 heteroatoms. The highest BCUT2D eigenvalue weighted by molar-refractivity contribution is 6.17. The minimum absolute atomic E-state index is 0.628. The first-order chi connectivity index (χ1) is 7.83. The second kappa shape index (κ2) is 5.72. The Labute approximate surface area is 104 Å². The van der Waals surface area contributed by atoms with Gasteiger partial charge >= 0.3 is 0 Å². The van der Waals surface area contributed by atoms with Crippen molar-refractivity contribution in [3.05, 3.63) is 35.4 Å². The lowest BCUT2D eigenvalue weighted by Gasteiger charge is -2.28. The molecule has 2 rings (SSSR count). The van der Waals surface area contributed by atoms with Gasteiger partial charge in [-0.05, 0) is 48.6 Å². The molecule has 0 N–H and O–H groups in total. The quantitative estimate of drug-likeness (QED) is 0.640. The summed E-state index contributed by atoms with van der Waals surface area (Å²) in [7, 11) is 0. The van der Waals surface area contributed by atoms with Crippen LogP contribution in [-0.2, 0) is 5.88 Å². The molecule has 88 valence electrons. The van der Waals surface area contributed by atoms with Crippen LogP contribution in [0.1, 0.15) is 56.1 Å². The van der Waals surface area contributed by atoms with E-state index in [-0.39, 0.29) is 0 Å². The van der Waals surface area contributed by atoms with Crippen LogP contribution in [0.3, 0.4) is 0 Å². The van der Waals surface area contributed by atoms with Crippen LogP contribution in [0.15, 0.2) is 24.3 Å². The van der Waals surface area contributed by atoms with Crippen LogP contribution >= 0.6 is 11.6 Å². The van der Waals surface area contributed by atoms with Crippen LogP contribution in [-0.4, -0.2) is 0 Å². The van der Waals surface area contributed by atoms with Crippen molar-refractivity contribution in [3.8, 4) is 0 Å². The molecule has 0 unspecified atom stereocenters. The first-order valence-electron chi connectivity index (χ1n) is 6.48. The van der Waals surface area contributed by atoms with Crippen molar-refractivity contribution < 1.29 is 0 Å². The Balaban J connectivity index is 1.97. The summed E-state index contributed by atoms with van der Waals surface area (Å²) in [5.41, 5.74) is 2.75. The Kier molecular flexibility index (Phi) is 4.29. The average molecular weight is 237 g/mol. The highest BCUT2D eigenvalue weighted by Gasteiger charge is 2.20. The van der Waals surface area contributed by atoms with Gasteiger partial charge in [0.2, 0.25) is 0 Å². The zero-order valence-electron chi connectivity index (χ0n) is 10.1. The van der Waals surface area contributed by atoms with E-state index in [1.165, 1.54) is 43.2 Å². The highest BCUT2D eigenvalue weighted by Crippen LogP contribution is 2.36. The van der Waals surface area contributed by atoms with Gasteiger partial charge in [0.25, 0.3) is 0 Å². The zero-order valence-corrected chi connectivity index (χ0v) is 10.8. The third kappa shape index (κ3) is 2.79. The van der Waals surface area contributed by atoms with Crippen LogP contribution in [0.5, 0.6) is 0 Å². The molecule has 0 saturated heterocycles. The van der Waals surface area contributed by atoms with E-state index in [2.05, 4.69) is 31.2 Å². The summed E-state index contributed by atoms with van der Waals surface area (Å²) in [4.78, 5) is 0. The molecular formula is C15H21Cl. The molecule has 1 saturated carbocycles. The third-order valence-corrected chi connectivity index (χ3v) is 4.34. The molecule has 0 amide bonds. The molecule has 1 aromatic rings. The van der Waals surface area contributed by atoms with Gasteiger partial charge in [-0.15, -0.1) is 11.6 Å². The summed E-state index contributed by atoms with van der Waals surface area (Å²) in [6, 6.07) is 8.89. The first-order valence-corrected chi connectivity index (χ1v) is 7.01. The average Bonchev–Trinajstić information content (AvgIpc) is 2.39. The maximum absolute atomic E-state index is 5.80. The molecule has 1 aliphatic rings. The Bertz CT molecular complexity index is 307. The summed E-state index contributed by atoms with van der Waals surface area (Å²) >= 11 is 5.80. The maximum atomic E-state index is 5.80. The molecule has 0 spiro atoms. The molecule has 0 aromatic heterocycles. The van der Waals surface area contributed by atoms with Crippen molar-refractivity contribution in [3.63, 3.8) is 0 Å². The first kappa shape index (κ1) is 12.0. The van der Waals surface area contributed by atoms with Crippen molar-refractivity contribution in [1.29, 1.82) is 0 Å². The van der Waals surface area contributed by atoms with Crippen LogP contribution < -0.4 is 0 Å². The summed E-state index contributed by atoms with van der Waals surface area (Å²) < 4.78 is 0. The van der Waals surface area contributed by atoms with Crippen molar-refractivity contribution in [2.75, 3.05) is 0 Å². The molecule has 1 aliphatic carbocycles. The van der Waals surface area contributed by atoms with Gasteiger partial charge in [0, 0.05) is 5.88 Å². The fourth-order valence-electron chi connectivity index (χ4n) is 2.78. The maximum Gasteiger partial charge on any atom is 0.0474 e. The van der Waals surface area contributed by atoms with Crippen molar-refractivity contribution in [2.24, 2.45) is 5.92 Å². The molecule has 0 nitrogen and oxygen atoms in total. The molecule has 0 heterocycles. The molecule has 16 heavy (non-hydrogen) atoms. The lowest BCUT2D eigenvalue weighted by molar-refractivity contribution is 0.319. The van der Waals surface area contributed by atoms with E-state index in [9.17, 15) is 0 Å². The molecule has 1 aromatic carbocycles. The monoisotopic (exact) mass is 236 g/mol. The molecule has 0 atom stereocenters. The van der Waals surface area contributed by atoms with Gasteiger partial charge in [-0.2, -0.15) is 0 Å². The Morgan fingerprint density at radius 3 is 2.19 bits per heavy atom. The Morgan fingerprint density at radius 1 is 1.06 bits per heavy atom. The van der Waals surface area contributed by atoms with Crippen molar-refractivity contribution in [2.45, 2.75) is 50.8 Å². The van der Waals surface area contributed by atoms with Gasteiger partial charge in [-0.25, -0.2) is 0 Å². The predicted molar refractivity (Wildman–Crippen MR) is 71.0 cm³/mol. The normalized spacial score (nSPS) is 25.6. The van der Waals surface area contributed by atoms with Crippen LogP contribution in [0.4, 0.5) is 0 Å². The Morgan fingerprint density at radius 2 is 1.69 bits per heavy atom. The van der Waals surface area contributed by atoms with E-state index >= 15 is 0 Å². The highest BCUT2D eigenvalue weighted by atomic mass is 35.5. The summed E-state index contributed by atoms with van der Waals surface area (Å²) in [6.07, 6.45) is 6.94. The minimum Gasteiger partial charge on any atom is -0.122 e.